The van der Waals surface area contributed by atoms with Crippen molar-refractivity contribution in [3.63, 3.8) is 0 Å². The first-order chi connectivity index (χ1) is 12.3. The van der Waals surface area contributed by atoms with Gasteiger partial charge in [0.1, 0.15) is 11.9 Å². The summed E-state index contributed by atoms with van der Waals surface area (Å²) in [5.74, 6) is 1.22. The first-order valence-electron chi connectivity index (χ1n) is 10.4. The highest BCUT2D eigenvalue weighted by Gasteiger charge is 2.60. The van der Waals surface area contributed by atoms with Crippen molar-refractivity contribution in [3.05, 3.63) is 11.6 Å². The molecule has 0 aliphatic heterocycles. The van der Waals surface area contributed by atoms with Crippen molar-refractivity contribution in [2.75, 3.05) is 0 Å². The van der Waals surface area contributed by atoms with Gasteiger partial charge in [-0.2, -0.15) is 0 Å². The molecule has 4 aliphatic rings. The van der Waals surface area contributed by atoms with Gasteiger partial charge in [-0.1, -0.05) is 32.4 Å². The molecule has 4 heteroatoms. The Hall–Kier alpha value is -1.16. The number of hydrogen-bond acceptors (Lipinski definition) is 4. The minimum Gasteiger partial charge on any atom is -0.462 e. The summed E-state index contributed by atoms with van der Waals surface area (Å²) >= 11 is 0. The number of Topliss-reactive ketones (excluding diaryl/α,β-unsaturated/α-hetero) is 1. The van der Waals surface area contributed by atoms with Crippen LogP contribution in [0, 0.1) is 28.6 Å². The van der Waals surface area contributed by atoms with Crippen molar-refractivity contribution in [1.82, 2.24) is 0 Å². The summed E-state index contributed by atoms with van der Waals surface area (Å²) < 4.78 is 5.60. The lowest BCUT2D eigenvalue weighted by atomic mass is 9.47. The number of ether oxygens (including phenoxy) is 1. The average Bonchev–Trinajstić information content (AvgIpc) is 2.91. The lowest BCUT2D eigenvalue weighted by Gasteiger charge is -2.58. The summed E-state index contributed by atoms with van der Waals surface area (Å²) in [4.78, 5) is 24.2. The fourth-order valence-electron chi connectivity index (χ4n) is 6.76. The minimum atomic E-state index is -0.473. The highest BCUT2D eigenvalue weighted by Crippen LogP contribution is 2.64. The maximum atomic E-state index is 12.5. The average molecular weight is 360 g/mol. The monoisotopic (exact) mass is 360 g/mol. The maximum absolute atomic E-state index is 12.5. The molecule has 0 heterocycles. The van der Waals surface area contributed by atoms with Crippen molar-refractivity contribution in [3.8, 4) is 0 Å². The Morgan fingerprint density at radius 2 is 1.88 bits per heavy atom. The van der Waals surface area contributed by atoms with E-state index in [1.807, 2.05) is 6.92 Å². The van der Waals surface area contributed by atoms with Crippen LogP contribution < -0.4 is 0 Å². The number of aliphatic hydroxyl groups excluding tert-OH is 1. The molecule has 0 aromatic rings. The molecule has 3 saturated carbocycles. The highest BCUT2D eigenvalue weighted by molar-refractivity contribution is 5.87. The van der Waals surface area contributed by atoms with Gasteiger partial charge in [0.15, 0.2) is 0 Å². The van der Waals surface area contributed by atoms with E-state index in [1.54, 1.807) is 0 Å². The molecule has 0 spiro atoms. The Bertz CT molecular complexity index is 653. The topological polar surface area (TPSA) is 63.6 Å². The van der Waals surface area contributed by atoms with Crippen LogP contribution in [0.5, 0.6) is 0 Å². The highest BCUT2D eigenvalue weighted by atomic mass is 16.5. The molecular formula is C22H32O4. The minimum absolute atomic E-state index is 0.0487. The van der Waals surface area contributed by atoms with Gasteiger partial charge in [0, 0.05) is 24.7 Å². The van der Waals surface area contributed by atoms with Crippen LogP contribution >= 0.6 is 0 Å². The SMILES string of the molecule is CCC(=O)O[C@H]1CC[C@@]2(C)C(=C[C@@H](O)[C@@H]3[C@@H]2CC[C@]2(C)C(=O)CC[C@@H]32)C1. The van der Waals surface area contributed by atoms with E-state index in [9.17, 15) is 14.7 Å². The van der Waals surface area contributed by atoms with Crippen molar-refractivity contribution in [1.29, 1.82) is 0 Å². The van der Waals surface area contributed by atoms with Crippen LogP contribution in [0.4, 0.5) is 0 Å². The number of ketones is 1. The molecule has 1 N–H and O–H groups in total. The molecule has 26 heavy (non-hydrogen) atoms. The van der Waals surface area contributed by atoms with Crippen LogP contribution in [0.25, 0.3) is 0 Å². The number of esters is 1. The quantitative estimate of drug-likeness (QED) is 0.601. The van der Waals surface area contributed by atoms with Crippen molar-refractivity contribution < 1.29 is 19.4 Å². The van der Waals surface area contributed by atoms with Gasteiger partial charge in [-0.15, -0.1) is 0 Å². The maximum Gasteiger partial charge on any atom is 0.305 e. The van der Waals surface area contributed by atoms with E-state index < -0.39 is 6.10 Å². The van der Waals surface area contributed by atoms with Crippen LogP contribution in [-0.2, 0) is 14.3 Å². The third-order valence-corrected chi connectivity index (χ3v) is 8.38. The number of aliphatic hydroxyl groups is 1. The van der Waals surface area contributed by atoms with Gasteiger partial charge in [0.05, 0.1) is 6.10 Å². The predicted octanol–water partition coefficient (Wildman–Crippen LogP) is 3.81. The molecule has 0 aromatic heterocycles. The Kier molecular flexibility index (Phi) is 4.33. The second-order valence-corrected chi connectivity index (χ2v) is 9.52. The molecule has 144 valence electrons. The third-order valence-electron chi connectivity index (χ3n) is 8.38. The molecule has 7 atom stereocenters. The van der Waals surface area contributed by atoms with Gasteiger partial charge >= 0.3 is 5.97 Å². The summed E-state index contributed by atoms with van der Waals surface area (Å²) in [6, 6.07) is 0. The third kappa shape index (κ3) is 2.51. The molecule has 4 nitrogen and oxygen atoms in total. The van der Waals surface area contributed by atoms with E-state index >= 15 is 0 Å². The number of rotatable bonds is 2. The van der Waals surface area contributed by atoms with E-state index in [0.29, 0.717) is 30.5 Å². The standard InChI is InChI=1S/C22H32O4/c1-4-19(25)26-14-7-9-21(2)13(11-14)12-17(23)20-15-5-6-18(24)22(15,3)10-8-16(20)21/h12,14-17,20,23H,4-11H2,1-3H3/t14-,15-,16-,17+,20-,21-,22-/m0/s1. The van der Waals surface area contributed by atoms with Gasteiger partial charge in [-0.3, -0.25) is 9.59 Å². The summed E-state index contributed by atoms with van der Waals surface area (Å²) in [5.41, 5.74) is 1.13. The molecule has 0 aromatic carbocycles. The van der Waals surface area contributed by atoms with Gasteiger partial charge in [0.25, 0.3) is 0 Å². The Labute approximate surface area is 156 Å². The lowest BCUT2D eigenvalue weighted by molar-refractivity contribution is -0.151. The van der Waals surface area contributed by atoms with Crippen molar-refractivity contribution in [2.45, 2.75) is 84.3 Å². The van der Waals surface area contributed by atoms with Gasteiger partial charge in [-0.05, 0) is 55.3 Å². The van der Waals surface area contributed by atoms with Gasteiger partial charge in [-0.25, -0.2) is 0 Å². The number of carbonyl (C=O) groups excluding carboxylic acids is 2. The second kappa shape index (κ2) is 6.19. The molecular weight excluding hydrogens is 328 g/mol. The van der Waals surface area contributed by atoms with Crippen molar-refractivity contribution >= 4 is 11.8 Å². The smallest absolute Gasteiger partial charge is 0.305 e. The lowest BCUT2D eigenvalue weighted by Crippen LogP contribution is -2.54. The largest absolute Gasteiger partial charge is 0.462 e. The van der Waals surface area contributed by atoms with Crippen LogP contribution in [0.15, 0.2) is 11.6 Å². The molecule has 3 fully saturated rings. The zero-order valence-corrected chi connectivity index (χ0v) is 16.3. The van der Waals surface area contributed by atoms with E-state index in [0.717, 1.165) is 38.5 Å². The van der Waals surface area contributed by atoms with Crippen LogP contribution in [0.1, 0.15) is 72.1 Å². The summed E-state index contributed by atoms with van der Waals surface area (Å²) in [6.45, 7) is 6.31. The molecule has 4 rings (SSSR count). The summed E-state index contributed by atoms with van der Waals surface area (Å²) in [5, 5.41) is 11.0. The number of carbonyl (C=O) groups is 2. The van der Waals surface area contributed by atoms with E-state index in [2.05, 4.69) is 19.9 Å². The van der Waals surface area contributed by atoms with Crippen molar-refractivity contribution in [2.24, 2.45) is 28.6 Å². The molecule has 0 unspecified atom stereocenters. The summed E-state index contributed by atoms with van der Waals surface area (Å²) in [6.07, 6.45) is 8.20. The molecule has 0 amide bonds. The fourth-order valence-corrected chi connectivity index (χ4v) is 6.76. The van der Waals surface area contributed by atoms with Gasteiger partial charge in [0.2, 0.25) is 0 Å². The van der Waals surface area contributed by atoms with Crippen LogP contribution in [0.3, 0.4) is 0 Å². The van der Waals surface area contributed by atoms with Crippen LogP contribution in [0.2, 0.25) is 0 Å². The summed E-state index contributed by atoms with van der Waals surface area (Å²) in [7, 11) is 0. The first-order valence-corrected chi connectivity index (χ1v) is 10.4. The number of hydrogen-bond donors (Lipinski definition) is 1. The molecule has 0 bridgehead atoms. The Balaban J connectivity index is 1.62. The van der Waals surface area contributed by atoms with Gasteiger partial charge < -0.3 is 9.84 Å². The van der Waals surface area contributed by atoms with Crippen LogP contribution in [-0.4, -0.2) is 29.1 Å². The Morgan fingerprint density at radius 1 is 1.19 bits per heavy atom. The molecule has 0 radical (unpaired) electrons. The second-order valence-electron chi connectivity index (χ2n) is 9.52. The normalized spacial score (nSPS) is 47.5. The van der Waals surface area contributed by atoms with E-state index in [4.69, 9.17) is 4.74 Å². The number of fused-ring (bicyclic) bond motifs is 5. The fraction of sp³-hybridized carbons (Fsp3) is 0.818. The first kappa shape index (κ1) is 18.2. The molecule has 4 aliphatic carbocycles. The zero-order chi connectivity index (χ0) is 18.7. The molecule has 0 saturated heterocycles. The predicted molar refractivity (Wildman–Crippen MR) is 98.3 cm³/mol. The Morgan fingerprint density at radius 3 is 2.62 bits per heavy atom. The zero-order valence-electron chi connectivity index (χ0n) is 16.3. The van der Waals surface area contributed by atoms with E-state index in [-0.39, 0.29) is 28.8 Å². The van der Waals surface area contributed by atoms with E-state index in [1.165, 1.54) is 5.57 Å².